The molecule has 0 atom stereocenters. The van der Waals surface area contributed by atoms with Crippen LogP contribution >= 0.6 is 0 Å². The van der Waals surface area contributed by atoms with Crippen molar-refractivity contribution in [1.82, 2.24) is 20.5 Å². The van der Waals surface area contributed by atoms with E-state index in [1.54, 1.807) is 4.80 Å². The summed E-state index contributed by atoms with van der Waals surface area (Å²) < 4.78 is 4.49. The normalized spacial score (nSPS) is 10.9. The summed E-state index contributed by atoms with van der Waals surface area (Å²) in [5.74, 6) is 0. The number of aromatic amines is 1. The first-order valence-corrected chi connectivity index (χ1v) is 4.09. The smallest absolute Gasteiger partial charge is 0.240 e. The predicted octanol–water partition coefficient (Wildman–Crippen LogP) is 0.223. The highest BCUT2D eigenvalue weighted by molar-refractivity contribution is 5.60. The van der Waals surface area contributed by atoms with Crippen LogP contribution in [0.5, 0.6) is 0 Å². The first kappa shape index (κ1) is 7.19. The molecule has 0 amide bonds. The second kappa shape index (κ2) is 2.63. The summed E-state index contributed by atoms with van der Waals surface area (Å²) in [5, 5.41) is 14.3. The number of rotatable bonds is 1. The van der Waals surface area contributed by atoms with Crippen molar-refractivity contribution >= 4 is 11.3 Å². The van der Waals surface area contributed by atoms with E-state index in [9.17, 15) is 0 Å². The van der Waals surface area contributed by atoms with Gasteiger partial charge < -0.3 is 0 Å². The molecular weight excluding hydrogens is 182 g/mol. The van der Waals surface area contributed by atoms with E-state index in [0.717, 1.165) is 5.69 Å². The van der Waals surface area contributed by atoms with Crippen LogP contribution in [0.25, 0.3) is 17.0 Å². The minimum absolute atomic E-state index is 0.467. The summed E-state index contributed by atoms with van der Waals surface area (Å²) in [6, 6.07) is 9.67. The van der Waals surface area contributed by atoms with E-state index in [1.807, 2.05) is 30.3 Å². The van der Waals surface area contributed by atoms with Crippen LogP contribution in [-0.4, -0.2) is 20.5 Å². The molecule has 0 bridgehead atoms. The van der Waals surface area contributed by atoms with E-state index < -0.39 is 0 Å². The number of hydrogen-bond acceptors (Lipinski definition) is 4. The molecule has 0 unspecified atom stereocenters. The lowest BCUT2D eigenvalue weighted by atomic mass is 10.3. The van der Waals surface area contributed by atoms with Gasteiger partial charge >= 0.3 is 5.65 Å². The van der Waals surface area contributed by atoms with Gasteiger partial charge in [-0.3, -0.25) is 0 Å². The number of nitrogens with zero attached hydrogens (tertiary/aromatic N) is 4. The van der Waals surface area contributed by atoms with Crippen molar-refractivity contribution in [2.75, 3.05) is 0 Å². The summed E-state index contributed by atoms with van der Waals surface area (Å²) >= 11 is 0. The van der Waals surface area contributed by atoms with Crippen molar-refractivity contribution in [3.05, 3.63) is 30.3 Å². The molecule has 0 saturated heterocycles. The number of benzene rings is 1. The van der Waals surface area contributed by atoms with Crippen LogP contribution in [0, 0.1) is 0 Å². The maximum absolute atomic E-state index is 4.49. The second-order valence-electron chi connectivity index (χ2n) is 2.80. The van der Waals surface area contributed by atoms with Gasteiger partial charge in [0, 0.05) is 16.9 Å². The van der Waals surface area contributed by atoms with Crippen LogP contribution in [0.2, 0.25) is 0 Å². The molecule has 0 radical (unpaired) electrons. The molecule has 3 aromatic rings. The first-order valence-electron chi connectivity index (χ1n) is 4.09. The summed E-state index contributed by atoms with van der Waals surface area (Å²) in [7, 11) is 0. The molecule has 0 aliphatic carbocycles. The monoisotopic (exact) mass is 188 g/mol. The Morgan fingerprint density at radius 3 is 2.79 bits per heavy atom. The summed E-state index contributed by atoms with van der Waals surface area (Å²) in [6.07, 6.45) is 0. The van der Waals surface area contributed by atoms with E-state index in [4.69, 9.17) is 0 Å². The van der Waals surface area contributed by atoms with Gasteiger partial charge in [0.1, 0.15) is 0 Å². The van der Waals surface area contributed by atoms with Gasteiger partial charge in [-0.1, -0.05) is 18.2 Å². The van der Waals surface area contributed by atoms with Gasteiger partial charge in [-0.2, -0.15) is 0 Å². The number of para-hydroxylation sites is 1. The minimum atomic E-state index is 0.467. The van der Waals surface area contributed by atoms with Crippen molar-refractivity contribution in [3.63, 3.8) is 0 Å². The highest BCUT2D eigenvalue weighted by Crippen LogP contribution is 2.00. The molecular formula is C8H6N5O+. The van der Waals surface area contributed by atoms with Crippen molar-refractivity contribution in [2.24, 2.45) is 0 Å². The third kappa shape index (κ3) is 0.972. The Bertz CT molecular complexity index is 527. The van der Waals surface area contributed by atoms with Gasteiger partial charge in [0.15, 0.2) is 0 Å². The van der Waals surface area contributed by atoms with Crippen molar-refractivity contribution in [2.45, 2.75) is 0 Å². The summed E-state index contributed by atoms with van der Waals surface area (Å²) in [6.45, 7) is 0. The zero-order valence-corrected chi connectivity index (χ0v) is 7.08. The van der Waals surface area contributed by atoms with Crippen LogP contribution in [0.15, 0.2) is 35.0 Å². The lowest BCUT2D eigenvalue weighted by Gasteiger charge is -1.84. The molecule has 0 aliphatic heterocycles. The topological polar surface area (TPSA) is 71.5 Å². The van der Waals surface area contributed by atoms with Gasteiger partial charge in [0.2, 0.25) is 0 Å². The molecule has 68 valence electrons. The minimum Gasteiger partial charge on any atom is -0.240 e. The fourth-order valence-corrected chi connectivity index (χ4v) is 1.23. The number of hydrogen-bond donors (Lipinski definition) is 1. The molecule has 0 aliphatic rings. The molecule has 6 nitrogen and oxygen atoms in total. The van der Waals surface area contributed by atoms with Crippen molar-refractivity contribution < 1.29 is 9.43 Å². The van der Waals surface area contributed by atoms with Crippen LogP contribution in [-0.2, 0) is 0 Å². The van der Waals surface area contributed by atoms with E-state index in [0.29, 0.717) is 11.3 Å². The average Bonchev–Trinajstić information content (AvgIpc) is 2.78. The maximum Gasteiger partial charge on any atom is 0.314 e. The Balaban J connectivity index is 2.19. The van der Waals surface area contributed by atoms with Gasteiger partial charge in [-0.25, -0.2) is 4.63 Å². The van der Waals surface area contributed by atoms with E-state index in [-0.39, 0.29) is 0 Å². The van der Waals surface area contributed by atoms with Crippen LogP contribution in [0.1, 0.15) is 0 Å². The van der Waals surface area contributed by atoms with Gasteiger partial charge in [0.05, 0.1) is 5.10 Å². The van der Waals surface area contributed by atoms with E-state index >= 15 is 0 Å². The Morgan fingerprint density at radius 2 is 2.00 bits per heavy atom. The number of fused-ring (bicyclic) bond motifs is 1. The zero-order valence-electron chi connectivity index (χ0n) is 7.08. The molecule has 0 saturated carbocycles. The third-order valence-electron chi connectivity index (χ3n) is 1.88. The predicted molar refractivity (Wildman–Crippen MR) is 45.5 cm³/mol. The second-order valence-corrected chi connectivity index (χ2v) is 2.80. The lowest BCUT2D eigenvalue weighted by molar-refractivity contribution is -0.711. The average molecular weight is 188 g/mol. The zero-order chi connectivity index (χ0) is 9.38. The van der Waals surface area contributed by atoms with Crippen molar-refractivity contribution in [3.8, 4) is 5.69 Å². The Morgan fingerprint density at radius 1 is 1.14 bits per heavy atom. The van der Waals surface area contributed by atoms with Crippen LogP contribution in [0.3, 0.4) is 0 Å². The van der Waals surface area contributed by atoms with Gasteiger partial charge in [0.25, 0.3) is 11.3 Å². The van der Waals surface area contributed by atoms with E-state index in [2.05, 4.69) is 25.1 Å². The molecule has 0 fully saturated rings. The SMILES string of the molecule is c1ccc(-[n+]2nc3nonc3[nH]2)cc1. The molecule has 2 aromatic heterocycles. The summed E-state index contributed by atoms with van der Waals surface area (Å²) in [4.78, 5) is 1.60. The molecule has 2 heterocycles. The molecule has 1 N–H and O–H groups in total. The van der Waals surface area contributed by atoms with E-state index in [1.165, 1.54) is 0 Å². The van der Waals surface area contributed by atoms with Crippen LogP contribution in [0.4, 0.5) is 0 Å². The molecule has 0 spiro atoms. The van der Waals surface area contributed by atoms with Crippen molar-refractivity contribution in [1.29, 1.82) is 0 Å². The molecule has 1 aromatic carbocycles. The standard InChI is InChI=1S/C8H6N5O/c1-2-4-6(5-3-1)13-9-7-8(10-13)12-14-11-7/h1-5H,(H,9,10,11,12)/q+1. The highest BCUT2D eigenvalue weighted by atomic mass is 16.6. The maximum atomic E-state index is 4.49. The largest absolute Gasteiger partial charge is 0.314 e. The molecule has 6 heteroatoms. The summed E-state index contributed by atoms with van der Waals surface area (Å²) in [5.41, 5.74) is 1.93. The molecule has 14 heavy (non-hydrogen) atoms. The first-order chi connectivity index (χ1) is 6.93. The number of nitrogens with one attached hydrogen (secondary N) is 1. The van der Waals surface area contributed by atoms with Gasteiger partial charge in [-0.15, -0.1) is 5.10 Å². The third-order valence-corrected chi connectivity index (χ3v) is 1.88. The van der Waals surface area contributed by atoms with Crippen LogP contribution < -0.4 is 4.80 Å². The lowest BCUT2D eigenvalue weighted by Crippen LogP contribution is -2.35. The highest BCUT2D eigenvalue weighted by Gasteiger charge is 2.16. The Labute approximate surface area is 78.1 Å². The number of H-pyrrole nitrogens is 1. The fraction of sp³-hybridized carbons (Fsp3) is 0. The van der Waals surface area contributed by atoms with Gasteiger partial charge in [-0.05, 0) is 10.3 Å². The molecule has 3 rings (SSSR count). The Hall–Kier alpha value is -2.24. The fourth-order valence-electron chi connectivity index (χ4n) is 1.23. The Kier molecular flexibility index (Phi) is 1.35. The number of aromatic nitrogens is 5. The quantitative estimate of drug-likeness (QED) is 0.554.